The number of hydrogen-bond donors (Lipinski definition) is 0. The fourth-order valence-corrected chi connectivity index (χ4v) is 2.65. The van der Waals surface area contributed by atoms with Gasteiger partial charge in [0.2, 0.25) is 0 Å². The van der Waals surface area contributed by atoms with E-state index in [1.807, 2.05) is 0 Å². The van der Waals surface area contributed by atoms with E-state index >= 15 is 0 Å². The Kier molecular flexibility index (Phi) is 5.04. The zero-order valence-corrected chi connectivity index (χ0v) is 10.7. The summed E-state index contributed by atoms with van der Waals surface area (Å²) in [6, 6.07) is 6.41. The largest absolute Gasteiger partial charge is 0.0533 e. The third-order valence-electron chi connectivity index (χ3n) is 1.89. The van der Waals surface area contributed by atoms with Crippen molar-refractivity contribution in [3.05, 3.63) is 39.6 Å². The summed E-state index contributed by atoms with van der Waals surface area (Å²) in [6.45, 7) is 3.83. The van der Waals surface area contributed by atoms with Crippen LogP contribution in [-0.2, 0) is 6.42 Å². The lowest BCUT2D eigenvalue weighted by molar-refractivity contribution is 0.745. The molecule has 0 aliphatic heterocycles. The molecule has 0 saturated carbocycles. The molecule has 1 radical (unpaired) electrons. The minimum absolute atomic E-state index is 1.04. The van der Waals surface area contributed by atoms with Crippen LogP contribution in [0.3, 0.4) is 0 Å². The molecule has 0 fully saturated rings. The minimum atomic E-state index is 1.04. The van der Waals surface area contributed by atoms with Gasteiger partial charge in [0.05, 0.1) is 0 Å². The molecule has 1 aromatic rings. The first kappa shape index (κ1) is 11.3. The first-order chi connectivity index (χ1) is 6.22. The van der Waals surface area contributed by atoms with Gasteiger partial charge in [-0.3, -0.25) is 0 Å². The summed E-state index contributed by atoms with van der Waals surface area (Å²) in [5, 5.41) is 0. The molecule has 2 heteroatoms. The molecular weight excluding hydrogens is 292 g/mol. The maximum absolute atomic E-state index is 3.83. The van der Waals surface area contributed by atoms with Crippen LogP contribution in [0.25, 0.3) is 0 Å². The smallest absolute Gasteiger partial charge is 0.0189 e. The van der Waals surface area contributed by atoms with E-state index in [4.69, 9.17) is 0 Å². The summed E-state index contributed by atoms with van der Waals surface area (Å²) < 4.78 is 2.29. The third kappa shape index (κ3) is 4.28. The zero-order chi connectivity index (χ0) is 9.68. The Morgan fingerprint density at radius 2 is 1.62 bits per heavy atom. The highest BCUT2D eigenvalue weighted by Crippen LogP contribution is 2.21. The number of benzene rings is 1. The zero-order valence-electron chi connectivity index (χ0n) is 7.52. The summed E-state index contributed by atoms with van der Waals surface area (Å²) in [4.78, 5) is 0. The van der Waals surface area contributed by atoms with Crippen molar-refractivity contribution in [3.8, 4) is 0 Å². The summed E-state index contributed by atoms with van der Waals surface area (Å²) in [6.07, 6.45) is 4.62. The highest BCUT2D eigenvalue weighted by Gasteiger charge is 1.97. The van der Waals surface area contributed by atoms with Crippen LogP contribution >= 0.6 is 31.9 Å². The van der Waals surface area contributed by atoms with E-state index in [0.717, 1.165) is 21.8 Å². The Morgan fingerprint density at radius 1 is 1.00 bits per heavy atom. The van der Waals surface area contributed by atoms with Crippen molar-refractivity contribution in [2.75, 3.05) is 0 Å². The maximum atomic E-state index is 3.83. The SMILES string of the molecule is [CH2]CCCCc1cc(Br)cc(Br)c1. The molecule has 0 bridgehead atoms. The molecule has 1 aromatic carbocycles. The van der Waals surface area contributed by atoms with Gasteiger partial charge in [-0.2, -0.15) is 0 Å². The van der Waals surface area contributed by atoms with E-state index < -0.39 is 0 Å². The summed E-state index contributed by atoms with van der Waals surface area (Å²) in [5.41, 5.74) is 1.38. The molecule has 71 valence electrons. The Labute approximate surface area is 97.0 Å². The van der Waals surface area contributed by atoms with Gasteiger partial charge >= 0.3 is 0 Å². The third-order valence-corrected chi connectivity index (χ3v) is 2.80. The van der Waals surface area contributed by atoms with Crippen LogP contribution in [0.4, 0.5) is 0 Å². The Bertz CT molecular complexity index is 249. The normalized spacial score (nSPS) is 10.4. The molecular formula is C11H13Br2. The van der Waals surface area contributed by atoms with E-state index in [0.29, 0.717) is 0 Å². The second kappa shape index (κ2) is 5.82. The summed E-state index contributed by atoms with van der Waals surface area (Å²) >= 11 is 6.96. The Hall–Kier alpha value is 0.180. The monoisotopic (exact) mass is 303 g/mol. The predicted octanol–water partition coefficient (Wildman–Crippen LogP) is 4.76. The molecule has 0 aliphatic rings. The van der Waals surface area contributed by atoms with Crippen molar-refractivity contribution in [1.82, 2.24) is 0 Å². The topological polar surface area (TPSA) is 0 Å². The van der Waals surface area contributed by atoms with Crippen molar-refractivity contribution in [2.24, 2.45) is 0 Å². The van der Waals surface area contributed by atoms with Crippen LogP contribution in [0, 0.1) is 6.92 Å². The number of hydrogen-bond acceptors (Lipinski definition) is 0. The molecule has 0 aromatic heterocycles. The summed E-state index contributed by atoms with van der Waals surface area (Å²) in [5.74, 6) is 0. The maximum Gasteiger partial charge on any atom is 0.0189 e. The van der Waals surface area contributed by atoms with Gasteiger partial charge in [0, 0.05) is 8.95 Å². The van der Waals surface area contributed by atoms with Crippen LogP contribution in [0.5, 0.6) is 0 Å². The molecule has 0 spiro atoms. The molecule has 13 heavy (non-hydrogen) atoms. The highest BCUT2D eigenvalue weighted by molar-refractivity contribution is 9.11. The average Bonchev–Trinajstić information content (AvgIpc) is 2.03. The van der Waals surface area contributed by atoms with Gasteiger partial charge in [-0.1, -0.05) is 51.6 Å². The molecule has 0 aliphatic carbocycles. The lowest BCUT2D eigenvalue weighted by Crippen LogP contribution is -1.85. The van der Waals surface area contributed by atoms with Gasteiger partial charge in [0.1, 0.15) is 0 Å². The van der Waals surface area contributed by atoms with Crippen molar-refractivity contribution in [2.45, 2.75) is 25.7 Å². The Balaban J connectivity index is 2.56. The lowest BCUT2D eigenvalue weighted by atomic mass is 10.1. The molecule has 0 N–H and O–H groups in total. The number of halogens is 2. The van der Waals surface area contributed by atoms with E-state index in [1.54, 1.807) is 0 Å². The fraction of sp³-hybridized carbons (Fsp3) is 0.364. The average molecular weight is 305 g/mol. The van der Waals surface area contributed by atoms with Crippen LogP contribution in [-0.4, -0.2) is 0 Å². The lowest BCUT2D eigenvalue weighted by Gasteiger charge is -2.02. The van der Waals surface area contributed by atoms with E-state index in [-0.39, 0.29) is 0 Å². The molecule has 0 amide bonds. The fourth-order valence-electron chi connectivity index (χ4n) is 1.26. The molecule has 0 nitrogen and oxygen atoms in total. The number of unbranched alkanes of at least 4 members (excludes halogenated alkanes) is 2. The minimum Gasteiger partial charge on any atom is -0.0533 e. The second-order valence-electron chi connectivity index (χ2n) is 3.09. The summed E-state index contributed by atoms with van der Waals surface area (Å²) in [7, 11) is 0. The van der Waals surface area contributed by atoms with Crippen molar-refractivity contribution in [3.63, 3.8) is 0 Å². The van der Waals surface area contributed by atoms with Crippen molar-refractivity contribution >= 4 is 31.9 Å². The van der Waals surface area contributed by atoms with Crippen molar-refractivity contribution in [1.29, 1.82) is 0 Å². The molecule has 0 saturated heterocycles. The van der Waals surface area contributed by atoms with Crippen LogP contribution in [0.1, 0.15) is 24.8 Å². The van der Waals surface area contributed by atoms with Crippen LogP contribution in [0.2, 0.25) is 0 Å². The first-order valence-corrected chi connectivity index (χ1v) is 6.05. The quantitative estimate of drug-likeness (QED) is 0.704. The first-order valence-electron chi connectivity index (χ1n) is 4.46. The molecule has 0 unspecified atom stereocenters. The van der Waals surface area contributed by atoms with Crippen LogP contribution < -0.4 is 0 Å². The van der Waals surface area contributed by atoms with E-state index in [9.17, 15) is 0 Å². The van der Waals surface area contributed by atoms with Gasteiger partial charge in [0.15, 0.2) is 0 Å². The number of rotatable bonds is 4. The van der Waals surface area contributed by atoms with Gasteiger partial charge < -0.3 is 0 Å². The van der Waals surface area contributed by atoms with Gasteiger partial charge in [-0.15, -0.1) is 0 Å². The van der Waals surface area contributed by atoms with E-state index in [1.165, 1.54) is 18.4 Å². The van der Waals surface area contributed by atoms with Gasteiger partial charge in [-0.05, 0) is 36.6 Å². The van der Waals surface area contributed by atoms with Gasteiger partial charge in [0.25, 0.3) is 0 Å². The van der Waals surface area contributed by atoms with Crippen LogP contribution in [0.15, 0.2) is 27.1 Å². The predicted molar refractivity (Wildman–Crippen MR) is 64.8 cm³/mol. The van der Waals surface area contributed by atoms with Crippen molar-refractivity contribution < 1.29 is 0 Å². The van der Waals surface area contributed by atoms with E-state index in [2.05, 4.69) is 57.0 Å². The molecule has 0 heterocycles. The van der Waals surface area contributed by atoms with Gasteiger partial charge in [-0.25, -0.2) is 0 Å². The molecule has 0 atom stereocenters. The molecule has 1 rings (SSSR count). The number of aryl methyl sites for hydroxylation is 1. The Morgan fingerprint density at radius 3 is 2.15 bits per heavy atom. The highest BCUT2D eigenvalue weighted by atomic mass is 79.9. The standard InChI is InChI=1S/C11H13Br2/c1-2-3-4-5-9-6-10(12)8-11(13)7-9/h6-8H,1-5H2. The second-order valence-corrected chi connectivity index (χ2v) is 4.92.